The molecule has 5 heteroatoms. The minimum atomic E-state index is 0.241. The fourth-order valence-electron chi connectivity index (χ4n) is 2.06. The van der Waals surface area contributed by atoms with Gasteiger partial charge in [0.25, 0.3) is 0 Å². The zero-order chi connectivity index (χ0) is 13.1. The topological polar surface area (TPSA) is 42.7 Å². The van der Waals surface area contributed by atoms with E-state index in [0.29, 0.717) is 0 Å². The van der Waals surface area contributed by atoms with Crippen LogP contribution in [0.4, 0.5) is 0 Å². The van der Waals surface area contributed by atoms with Crippen LogP contribution in [0.1, 0.15) is 23.0 Å². The maximum absolute atomic E-state index is 4.42. The number of nitrogens with zero attached hydrogens (tertiary/aromatic N) is 3. The predicted octanol–water partition coefficient (Wildman–Crippen LogP) is 2.39. The van der Waals surface area contributed by atoms with Crippen molar-refractivity contribution in [1.29, 1.82) is 0 Å². The molecule has 0 spiro atoms. The highest BCUT2D eigenvalue weighted by Crippen LogP contribution is 2.25. The van der Waals surface area contributed by atoms with E-state index in [4.69, 9.17) is 0 Å². The molecule has 0 bridgehead atoms. The summed E-state index contributed by atoms with van der Waals surface area (Å²) >= 11 is 3.60. The molecule has 2 aromatic rings. The molecule has 2 rings (SSSR count). The van der Waals surface area contributed by atoms with Crippen molar-refractivity contribution in [2.75, 3.05) is 7.05 Å². The SMILES string of the molecule is CNC(Cc1c(Br)c(C)nn1C)c1cccnc1. The van der Waals surface area contributed by atoms with Gasteiger partial charge in [0.05, 0.1) is 15.9 Å². The van der Waals surface area contributed by atoms with Gasteiger partial charge < -0.3 is 5.32 Å². The molecule has 0 aliphatic heterocycles. The van der Waals surface area contributed by atoms with Gasteiger partial charge in [-0.2, -0.15) is 5.10 Å². The lowest BCUT2D eigenvalue weighted by atomic mass is 10.0. The number of hydrogen-bond donors (Lipinski definition) is 1. The van der Waals surface area contributed by atoms with Crippen LogP contribution >= 0.6 is 15.9 Å². The highest BCUT2D eigenvalue weighted by molar-refractivity contribution is 9.10. The standard InChI is InChI=1S/C13H17BrN4/c1-9-13(14)12(18(3)17-9)7-11(15-2)10-5-4-6-16-8-10/h4-6,8,11,15H,7H2,1-3H3. The zero-order valence-corrected chi connectivity index (χ0v) is 12.4. The average Bonchev–Trinajstić information content (AvgIpc) is 2.62. The van der Waals surface area contributed by atoms with E-state index >= 15 is 0 Å². The summed E-state index contributed by atoms with van der Waals surface area (Å²) in [6, 6.07) is 4.29. The zero-order valence-electron chi connectivity index (χ0n) is 10.8. The molecule has 0 aromatic carbocycles. The van der Waals surface area contributed by atoms with Gasteiger partial charge in [-0.3, -0.25) is 9.67 Å². The molecule has 2 aromatic heterocycles. The van der Waals surface area contributed by atoms with Crippen LogP contribution < -0.4 is 5.32 Å². The van der Waals surface area contributed by atoms with Crippen molar-refractivity contribution in [3.05, 3.63) is 46.0 Å². The van der Waals surface area contributed by atoms with Crippen molar-refractivity contribution >= 4 is 15.9 Å². The van der Waals surface area contributed by atoms with E-state index in [1.807, 2.05) is 38.0 Å². The van der Waals surface area contributed by atoms with Gasteiger partial charge in [-0.25, -0.2) is 0 Å². The molecule has 0 radical (unpaired) electrons. The summed E-state index contributed by atoms with van der Waals surface area (Å²) in [5.74, 6) is 0. The first kappa shape index (κ1) is 13.2. The van der Waals surface area contributed by atoms with Crippen LogP contribution in [0, 0.1) is 6.92 Å². The number of aryl methyl sites for hydroxylation is 2. The van der Waals surface area contributed by atoms with Crippen LogP contribution in [-0.4, -0.2) is 21.8 Å². The normalized spacial score (nSPS) is 12.7. The first-order chi connectivity index (χ1) is 8.63. The molecule has 0 amide bonds. The highest BCUT2D eigenvalue weighted by Gasteiger charge is 2.17. The van der Waals surface area contributed by atoms with Gasteiger partial charge in [0.1, 0.15) is 0 Å². The summed E-state index contributed by atoms with van der Waals surface area (Å²) in [5, 5.41) is 7.75. The first-order valence-corrected chi connectivity index (χ1v) is 6.68. The van der Waals surface area contributed by atoms with Gasteiger partial charge in [0, 0.05) is 31.9 Å². The monoisotopic (exact) mass is 308 g/mol. The van der Waals surface area contributed by atoms with E-state index < -0.39 is 0 Å². The molecule has 1 atom stereocenters. The molecule has 2 heterocycles. The van der Waals surface area contributed by atoms with Gasteiger partial charge >= 0.3 is 0 Å². The number of hydrogen-bond acceptors (Lipinski definition) is 3. The third-order valence-electron chi connectivity index (χ3n) is 3.09. The van der Waals surface area contributed by atoms with Crippen molar-refractivity contribution in [3.63, 3.8) is 0 Å². The molecule has 0 aliphatic carbocycles. The molecule has 1 unspecified atom stereocenters. The maximum atomic E-state index is 4.42. The molecule has 1 N–H and O–H groups in total. The summed E-state index contributed by atoms with van der Waals surface area (Å²) < 4.78 is 3.02. The number of likely N-dealkylation sites (N-methyl/N-ethyl adjacent to an activating group) is 1. The van der Waals surface area contributed by atoms with Crippen molar-refractivity contribution in [3.8, 4) is 0 Å². The van der Waals surface area contributed by atoms with Gasteiger partial charge in [0.15, 0.2) is 0 Å². The number of aromatic nitrogens is 3. The molecule has 18 heavy (non-hydrogen) atoms. The maximum Gasteiger partial charge on any atom is 0.0738 e. The molecule has 0 saturated heterocycles. The lowest BCUT2D eigenvalue weighted by Crippen LogP contribution is -2.20. The van der Waals surface area contributed by atoms with Crippen LogP contribution in [0.25, 0.3) is 0 Å². The Morgan fingerprint density at radius 2 is 2.28 bits per heavy atom. The third-order valence-corrected chi connectivity index (χ3v) is 4.13. The third kappa shape index (κ3) is 2.62. The first-order valence-electron chi connectivity index (χ1n) is 5.88. The molecule has 0 aliphatic rings. The van der Waals surface area contributed by atoms with Crippen LogP contribution in [0.15, 0.2) is 29.0 Å². The number of pyridine rings is 1. The minimum absolute atomic E-state index is 0.241. The Bertz CT molecular complexity index is 521. The minimum Gasteiger partial charge on any atom is -0.313 e. The second-order valence-electron chi connectivity index (χ2n) is 4.30. The largest absolute Gasteiger partial charge is 0.313 e. The Labute approximate surface area is 116 Å². The van der Waals surface area contributed by atoms with Crippen LogP contribution in [0.5, 0.6) is 0 Å². The lowest BCUT2D eigenvalue weighted by molar-refractivity contribution is 0.558. The van der Waals surface area contributed by atoms with Crippen LogP contribution in [-0.2, 0) is 13.5 Å². The number of halogens is 1. The molecular weight excluding hydrogens is 292 g/mol. The molecule has 96 valence electrons. The van der Waals surface area contributed by atoms with Crippen molar-refractivity contribution < 1.29 is 0 Å². The fourth-order valence-corrected chi connectivity index (χ4v) is 2.56. The molecule has 4 nitrogen and oxygen atoms in total. The Kier molecular flexibility index (Phi) is 4.14. The van der Waals surface area contributed by atoms with E-state index in [9.17, 15) is 0 Å². The van der Waals surface area contributed by atoms with E-state index in [1.165, 1.54) is 11.3 Å². The van der Waals surface area contributed by atoms with Gasteiger partial charge in [-0.05, 0) is 41.5 Å². The average molecular weight is 309 g/mol. The van der Waals surface area contributed by atoms with Crippen molar-refractivity contribution in [2.45, 2.75) is 19.4 Å². The predicted molar refractivity (Wildman–Crippen MR) is 75.4 cm³/mol. The van der Waals surface area contributed by atoms with Gasteiger partial charge in [0.2, 0.25) is 0 Å². The van der Waals surface area contributed by atoms with Gasteiger partial charge in [-0.15, -0.1) is 0 Å². The van der Waals surface area contributed by atoms with E-state index in [2.05, 4.69) is 37.4 Å². The quantitative estimate of drug-likeness (QED) is 0.943. The second-order valence-corrected chi connectivity index (χ2v) is 5.09. The molecular formula is C13H17BrN4. The smallest absolute Gasteiger partial charge is 0.0738 e. The Balaban J connectivity index is 2.26. The Hall–Kier alpha value is -1.20. The van der Waals surface area contributed by atoms with E-state index in [-0.39, 0.29) is 6.04 Å². The number of rotatable bonds is 4. The van der Waals surface area contributed by atoms with Crippen molar-refractivity contribution in [1.82, 2.24) is 20.1 Å². The summed E-state index contributed by atoms with van der Waals surface area (Å²) in [5.41, 5.74) is 3.40. The Morgan fingerprint density at radius 1 is 1.50 bits per heavy atom. The summed E-state index contributed by atoms with van der Waals surface area (Å²) in [6.45, 7) is 2.01. The lowest BCUT2D eigenvalue weighted by Gasteiger charge is -2.16. The summed E-state index contributed by atoms with van der Waals surface area (Å²) in [7, 11) is 3.94. The highest BCUT2D eigenvalue weighted by atomic mass is 79.9. The van der Waals surface area contributed by atoms with Gasteiger partial charge in [-0.1, -0.05) is 6.07 Å². The van der Waals surface area contributed by atoms with E-state index in [1.54, 1.807) is 6.20 Å². The Morgan fingerprint density at radius 3 is 2.78 bits per heavy atom. The summed E-state index contributed by atoms with van der Waals surface area (Å²) in [6.07, 6.45) is 4.57. The molecule has 0 saturated carbocycles. The van der Waals surface area contributed by atoms with E-state index in [0.717, 1.165) is 16.6 Å². The fraction of sp³-hybridized carbons (Fsp3) is 0.385. The second kappa shape index (κ2) is 5.63. The number of nitrogens with one attached hydrogen (secondary N) is 1. The van der Waals surface area contributed by atoms with Crippen LogP contribution in [0.2, 0.25) is 0 Å². The van der Waals surface area contributed by atoms with Crippen LogP contribution in [0.3, 0.4) is 0 Å². The molecule has 0 fully saturated rings. The van der Waals surface area contributed by atoms with Crippen molar-refractivity contribution in [2.24, 2.45) is 7.05 Å². The summed E-state index contributed by atoms with van der Waals surface area (Å²) in [4.78, 5) is 4.17.